The van der Waals surface area contributed by atoms with Crippen molar-refractivity contribution in [3.8, 4) is 0 Å². The Morgan fingerprint density at radius 1 is 1.30 bits per heavy atom. The molecule has 2 saturated heterocycles. The minimum Gasteiger partial charge on any atom is -0.394 e. The van der Waals surface area contributed by atoms with Crippen LogP contribution in [-0.4, -0.2) is 71.7 Å². The summed E-state index contributed by atoms with van der Waals surface area (Å²) in [5, 5.41) is 9.18. The molecule has 0 aromatic heterocycles. The molecular weight excluding hydrogens is 260 g/mol. The Bertz CT molecular complexity index is 366. The van der Waals surface area contributed by atoms with Crippen LogP contribution >= 0.6 is 0 Å². The lowest BCUT2D eigenvalue weighted by atomic mass is 9.94. The van der Waals surface area contributed by atoms with Crippen molar-refractivity contribution in [2.45, 2.75) is 38.8 Å². The van der Waals surface area contributed by atoms with E-state index >= 15 is 0 Å². The number of hydrogen-bond donors (Lipinski definition) is 1. The van der Waals surface area contributed by atoms with E-state index in [1.165, 1.54) is 0 Å². The van der Waals surface area contributed by atoms with Gasteiger partial charge in [-0.05, 0) is 19.8 Å². The molecule has 0 aromatic carbocycles. The van der Waals surface area contributed by atoms with Crippen LogP contribution in [0, 0.1) is 5.92 Å². The first-order valence-electron chi connectivity index (χ1n) is 7.31. The standard InChI is InChI=1S/C14H24N2O4/c1-10-9-20-13(8-17)7-16(10)14(19)12-3-5-15(6-4-12)11(2)18/h10,12-13,17H,3-9H2,1-2H3. The van der Waals surface area contributed by atoms with Gasteiger partial charge in [-0.15, -0.1) is 0 Å². The fourth-order valence-electron chi connectivity index (χ4n) is 2.91. The molecule has 2 amide bonds. The molecular formula is C14H24N2O4. The van der Waals surface area contributed by atoms with Crippen molar-refractivity contribution < 1.29 is 19.4 Å². The molecule has 20 heavy (non-hydrogen) atoms. The van der Waals surface area contributed by atoms with Crippen LogP contribution in [0.15, 0.2) is 0 Å². The summed E-state index contributed by atoms with van der Waals surface area (Å²) in [6.45, 7) is 5.74. The predicted octanol–water partition coefficient (Wildman–Crippen LogP) is -0.147. The van der Waals surface area contributed by atoms with E-state index in [4.69, 9.17) is 4.74 Å². The highest BCUT2D eigenvalue weighted by atomic mass is 16.5. The van der Waals surface area contributed by atoms with Crippen molar-refractivity contribution in [2.75, 3.05) is 32.8 Å². The van der Waals surface area contributed by atoms with E-state index in [9.17, 15) is 14.7 Å². The molecule has 0 saturated carbocycles. The lowest BCUT2D eigenvalue weighted by Crippen LogP contribution is -2.54. The molecule has 2 rings (SSSR count). The van der Waals surface area contributed by atoms with E-state index in [0.717, 1.165) is 12.8 Å². The Balaban J connectivity index is 1.92. The molecule has 2 unspecified atom stereocenters. The van der Waals surface area contributed by atoms with Gasteiger partial charge in [0.25, 0.3) is 0 Å². The van der Waals surface area contributed by atoms with Gasteiger partial charge in [-0.2, -0.15) is 0 Å². The topological polar surface area (TPSA) is 70.1 Å². The second kappa shape index (κ2) is 6.54. The maximum absolute atomic E-state index is 12.6. The van der Waals surface area contributed by atoms with E-state index in [2.05, 4.69) is 0 Å². The molecule has 0 spiro atoms. The Morgan fingerprint density at radius 3 is 2.50 bits per heavy atom. The van der Waals surface area contributed by atoms with Gasteiger partial charge in [-0.25, -0.2) is 0 Å². The third-order valence-corrected chi connectivity index (χ3v) is 4.28. The molecule has 0 aromatic rings. The fraction of sp³-hybridized carbons (Fsp3) is 0.857. The average Bonchev–Trinajstić information content (AvgIpc) is 2.47. The molecule has 2 atom stereocenters. The summed E-state index contributed by atoms with van der Waals surface area (Å²) in [6.07, 6.45) is 1.19. The smallest absolute Gasteiger partial charge is 0.226 e. The third kappa shape index (κ3) is 3.30. The molecule has 2 aliphatic heterocycles. The summed E-state index contributed by atoms with van der Waals surface area (Å²) in [5.74, 6) is 0.212. The van der Waals surface area contributed by atoms with Crippen LogP contribution in [0.5, 0.6) is 0 Å². The summed E-state index contributed by atoms with van der Waals surface area (Å²) >= 11 is 0. The summed E-state index contributed by atoms with van der Waals surface area (Å²) in [4.78, 5) is 27.5. The van der Waals surface area contributed by atoms with Crippen molar-refractivity contribution in [3.63, 3.8) is 0 Å². The van der Waals surface area contributed by atoms with Gasteiger partial charge < -0.3 is 19.6 Å². The summed E-state index contributed by atoms with van der Waals surface area (Å²) in [5.41, 5.74) is 0. The number of morpholine rings is 1. The number of aliphatic hydroxyl groups is 1. The number of carbonyl (C=O) groups is 2. The molecule has 0 aliphatic carbocycles. The van der Waals surface area contributed by atoms with Crippen molar-refractivity contribution in [2.24, 2.45) is 5.92 Å². The molecule has 6 heteroatoms. The average molecular weight is 284 g/mol. The molecule has 114 valence electrons. The van der Waals surface area contributed by atoms with Gasteiger partial charge in [-0.3, -0.25) is 9.59 Å². The second-order valence-corrected chi connectivity index (χ2v) is 5.76. The Labute approximate surface area is 119 Å². The van der Waals surface area contributed by atoms with Gasteiger partial charge >= 0.3 is 0 Å². The molecule has 6 nitrogen and oxygen atoms in total. The van der Waals surface area contributed by atoms with Crippen LogP contribution in [0.4, 0.5) is 0 Å². The minimum atomic E-state index is -0.271. The normalized spacial score (nSPS) is 28.6. The van der Waals surface area contributed by atoms with Crippen molar-refractivity contribution in [1.29, 1.82) is 0 Å². The lowest BCUT2D eigenvalue weighted by Gasteiger charge is -2.40. The Morgan fingerprint density at radius 2 is 1.95 bits per heavy atom. The highest BCUT2D eigenvalue weighted by Crippen LogP contribution is 2.23. The molecule has 0 bridgehead atoms. The zero-order valence-electron chi connectivity index (χ0n) is 12.2. The quantitative estimate of drug-likeness (QED) is 0.766. The summed E-state index contributed by atoms with van der Waals surface area (Å²) in [7, 11) is 0. The molecule has 1 N–H and O–H groups in total. The number of aliphatic hydroxyl groups excluding tert-OH is 1. The van der Waals surface area contributed by atoms with Crippen LogP contribution in [0.25, 0.3) is 0 Å². The Hall–Kier alpha value is -1.14. The van der Waals surface area contributed by atoms with Crippen molar-refractivity contribution in [1.82, 2.24) is 9.80 Å². The first-order valence-corrected chi connectivity index (χ1v) is 7.31. The maximum Gasteiger partial charge on any atom is 0.226 e. The highest BCUT2D eigenvalue weighted by molar-refractivity contribution is 5.80. The van der Waals surface area contributed by atoms with E-state index < -0.39 is 0 Å². The monoisotopic (exact) mass is 284 g/mol. The van der Waals surface area contributed by atoms with Gasteiger partial charge in [0.2, 0.25) is 11.8 Å². The van der Waals surface area contributed by atoms with Crippen molar-refractivity contribution in [3.05, 3.63) is 0 Å². The van der Waals surface area contributed by atoms with Crippen LogP contribution in [0.2, 0.25) is 0 Å². The van der Waals surface area contributed by atoms with Crippen molar-refractivity contribution >= 4 is 11.8 Å². The molecule has 0 radical (unpaired) electrons. The van der Waals surface area contributed by atoms with E-state index in [1.54, 1.807) is 11.8 Å². The van der Waals surface area contributed by atoms with Gasteiger partial charge in [0.1, 0.15) is 0 Å². The SMILES string of the molecule is CC(=O)N1CCC(C(=O)N2CC(CO)OCC2C)CC1. The van der Waals surface area contributed by atoms with E-state index in [-0.39, 0.29) is 36.5 Å². The number of piperidine rings is 1. The van der Waals surface area contributed by atoms with Crippen LogP contribution in [0.1, 0.15) is 26.7 Å². The maximum atomic E-state index is 12.6. The predicted molar refractivity (Wildman–Crippen MR) is 73.0 cm³/mol. The zero-order chi connectivity index (χ0) is 14.7. The zero-order valence-corrected chi connectivity index (χ0v) is 12.2. The van der Waals surface area contributed by atoms with Gasteiger partial charge in [-0.1, -0.05) is 0 Å². The third-order valence-electron chi connectivity index (χ3n) is 4.28. The number of likely N-dealkylation sites (tertiary alicyclic amines) is 1. The highest BCUT2D eigenvalue weighted by Gasteiger charge is 2.35. The number of ether oxygens (including phenoxy) is 1. The largest absolute Gasteiger partial charge is 0.394 e. The van der Waals surface area contributed by atoms with Crippen LogP contribution in [-0.2, 0) is 14.3 Å². The van der Waals surface area contributed by atoms with Crippen LogP contribution in [0.3, 0.4) is 0 Å². The van der Waals surface area contributed by atoms with E-state index in [0.29, 0.717) is 26.2 Å². The summed E-state index contributed by atoms with van der Waals surface area (Å²) in [6, 6.07) is 0.0520. The molecule has 2 heterocycles. The fourth-order valence-corrected chi connectivity index (χ4v) is 2.91. The number of amides is 2. The lowest BCUT2D eigenvalue weighted by molar-refractivity contribution is -0.152. The number of carbonyl (C=O) groups excluding carboxylic acids is 2. The molecule has 2 fully saturated rings. The first-order chi connectivity index (χ1) is 9.52. The van der Waals surface area contributed by atoms with Crippen LogP contribution < -0.4 is 0 Å². The second-order valence-electron chi connectivity index (χ2n) is 5.76. The number of rotatable bonds is 2. The number of nitrogens with zero attached hydrogens (tertiary/aromatic N) is 2. The van der Waals surface area contributed by atoms with Gasteiger partial charge in [0.05, 0.1) is 25.4 Å². The summed E-state index contributed by atoms with van der Waals surface area (Å²) < 4.78 is 5.46. The minimum absolute atomic E-state index is 0.00880. The number of hydrogen-bond acceptors (Lipinski definition) is 4. The molecule has 2 aliphatic rings. The Kier molecular flexibility index (Phi) is 4.99. The van der Waals surface area contributed by atoms with Gasteiger partial charge in [0, 0.05) is 32.5 Å². The first kappa shape index (κ1) is 15.3. The van der Waals surface area contributed by atoms with E-state index in [1.807, 2.05) is 11.8 Å². The van der Waals surface area contributed by atoms with Gasteiger partial charge in [0.15, 0.2) is 0 Å².